The van der Waals surface area contributed by atoms with Gasteiger partial charge in [0.25, 0.3) is 15.9 Å². The number of H-pyrrole nitrogens is 2. The lowest BCUT2D eigenvalue weighted by Gasteiger charge is -2.13. The molecule has 36 heavy (non-hydrogen) atoms. The summed E-state index contributed by atoms with van der Waals surface area (Å²) in [4.78, 5) is 29.5. The second-order valence-electron chi connectivity index (χ2n) is 7.96. The molecule has 0 radical (unpaired) electrons. The summed E-state index contributed by atoms with van der Waals surface area (Å²) in [7, 11) is -4.03. The van der Waals surface area contributed by atoms with Gasteiger partial charge in [0, 0.05) is 17.1 Å². The van der Waals surface area contributed by atoms with Gasteiger partial charge in [0.2, 0.25) is 0 Å². The maximum Gasteiger partial charge on any atom is 0.323 e. The van der Waals surface area contributed by atoms with E-state index in [1.165, 1.54) is 30.3 Å². The Kier molecular flexibility index (Phi) is 6.01. The first-order chi connectivity index (χ1) is 17.4. The predicted octanol–water partition coefficient (Wildman–Crippen LogP) is 4.65. The van der Waals surface area contributed by atoms with E-state index in [1.54, 1.807) is 24.3 Å². The fourth-order valence-electron chi connectivity index (χ4n) is 3.68. The molecule has 5 N–H and O–H groups in total. The molecular weight excluding hydrogens is 478 g/mol. The van der Waals surface area contributed by atoms with Crippen LogP contribution in [-0.4, -0.2) is 24.3 Å². The number of imidazole rings is 1. The van der Waals surface area contributed by atoms with Gasteiger partial charge >= 0.3 is 5.69 Å². The van der Waals surface area contributed by atoms with Gasteiger partial charge in [-0.2, -0.15) is 0 Å². The van der Waals surface area contributed by atoms with Gasteiger partial charge in [-0.1, -0.05) is 30.3 Å². The zero-order valence-electron chi connectivity index (χ0n) is 18.8. The van der Waals surface area contributed by atoms with E-state index in [0.29, 0.717) is 16.7 Å². The van der Waals surface area contributed by atoms with E-state index in [2.05, 4.69) is 25.3 Å². The molecule has 0 saturated carbocycles. The summed E-state index contributed by atoms with van der Waals surface area (Å²) in [6.07, 6.45) is 0. The quantitative estimate of drug-likeness (QED) is 0.222. The smallest absolute Gasteiger partial charge is 0.323 e. The van der Waals surface area contributed by atoms with Crippen LogP contribution in [0.4, 0.5) is 22.7 Å². The molecule has 0 unspecified atom stereocenters. The van der Waals surface area contributed by atoms with Crippen molar-refractivity contribution >= 4 is 49.7 Å². The molecule has 1 amide bonds. The average Bonchev–Trinajstić information content (AvgIpc) is 3.25. The highest BCUT2D eigenvalue weighted by Gasteiger charge is 2.19. The van der Waals surface area contributed by atoms with Crippen LogP contribution in [0.15, 0.2) is 107 Å². The van der Waals surface area contributed by atoms with Crippen LogP contribution in [0.25, 0.3) is 11.0 Å². The van der Waals surface area contributed by atoms with Crippen molar-refractivity contribution in [1.29, 1.82) is 0 Å². The van der Waals surface area contributed by atoms with Gasteiger partial charge in [0.15, 0.2) is 0 Å². The van der Waals surface area contributed by atoms with Gasteiger partial charge < -0.3 is 20.6 Å². The van der Waals surface area contributed by atoms with Crippen molar-refractivity contribution in [1.82, 2.24) is 9.97 Å². The average molecular weight is 500 g/mol. The van der Waals surface area contributed by atoms with Crippen LogP contribution in [-0.2, 0) is 10.0 Å². The summed E-state index contributed by atoms with van der Waals surface area (Å²) in [5, 5.41) is 6.06. The van der Waals surface area contributed by atoms with Crippen LogP contribution in [0.3, 0.4) is 0 Å². The SMILES string of the molecule is O=C(Nc1ccc(Nc2ccccc2)cc1)c1ccccc1NS(=O)(=O)c1ccc2[nH]c(=O)[nH]c2c1. The molecule has 0 aliphatic carbocycles. The van der Waals surface area contributed by atoms with E-state index in [4.69, 9.17) is 0 Å². The van der Waals surface area contributed by atoms with Crippen molar-refractivity contribution in [2.45, 2.75) is 4.90 Å². The largest absolute Gasteiger partial charge is 0.356 e. The van der Waals surface area contributed by atoms with Crippen molar-refractivity contribution in [3.8, 4) is 0 Å². The number of hydrogen-bond acceptors (Lipinski definition) is 5. The molecule has 9 nitrogen and oxygen atoms in total. The van der Waals surface area contributed by atoms with Gasteiger partial charge in [0.1, 0.15) is 0 Å². The molecule has 4 aromatic carbocycles. The lowest BCUT2D eigenvalue weighted by atomic mass is 10.1. The Bertz CT molecular complexity index is 1710. The van der Waals surface area contributed by atoms with Crippen LogP contribution in [0.5, 0.6) is 0 Å². The van der Waals surface area contributed by atoms with Crippen LogP contribution >= 0.6 is 0 Å². The Morgan fingerprint density at radius 2 is 1.33 bits per heavy atom. The topological polar surface area (TPSA) is 136 Å². The Labute approximate surface area is 206 Å². The first kappa shape index (κ1) is 22.9. The fourth-order valence-corrected chi connectivity index (χ4v) is 4.78. The number of sulfonamides is 1. The van der Waals surface area contributed by atoms with E-state index in [1.807, 2.05) is 42.5 Å². The second-order valence-corrected chi connectivity index (χ2v) is 9.64. The molecule has 1 heterocycles. The number of carbonyl (C=O) groups is 1. The zero-order chi connectivity index (χ0) is 25.1. The predicted molar refractivity (Wildman–Crippen MR) is 140 cm³/mol. The number of carbonyl (C=O) groups excluding carboxylic acids is 1. The number of benzene rings is 4. The number of nitrogens with one attached hydrogen (secondary N) is 5. The van der Waals surface area contributed by atoms with E-state index in [9.17, 15) is 18.0 Å². The lowest BCUT2D eigenvalue weighted by Crippen LogP contribution is -2.18. The molecule has 5 rings (SSSR count). The molecule has 10 heteroatoms. The van der Waals surface area contributed by atoms with Crippen molar-refractivity contribution < 1.29 is 13.2 Å². The van der Waals surface area contributed by atoms with E-state index in [0.717, 1.165) is 11.4 Å². The normalized spacial score (nSPS) is 11.2. The highest BCUT2D eigenvalue weighted by molar-refractivity contribution is 7.92. The van der Waals surface area contributed by atoms with Crippen molar-refractivity contribution in [2.24, 2.45) is 0 Å². The number of aromatic amines is 2. The zero-order valence-corrected chi connectivity index (χ0v) is 19.6. The third kappa shape index (κ3) is 4.98. The van der Waals surface area contributed by atoms with Crippen molar-refractivity contribution in [2.75, 3.05) is 15.4 Å². The van der Waals surface area contributed by atoms with Gasteiger partial charge in [-0.15, -0.1) is 0 Å². The molecule has 0 atom stereocenters. The highest BCUT2D eigenvalue weighted by atomic mass is 32.2. The molecule has 0 aliphatic rings. The molecule has 0 bridgehead atoms. The first-order valence-corrected chi connectivity index (χ1v) is 12.4. The number of hydrogen-bond donors (Lipinski definition) is 5. The first-order valence-electron chi connectivity index (χ1n) is 10.9. The maximum absolute atomic E-state index is 13.0. The summed E-state index contributed by atoms with van der Waals surface area (Å²) < 4.78 is 28.5. The van der Waals surface area contributed by atoms with Crippen LogP contribution in [0, 0.1) is 0 Å². The fraction of sp³-hybridized carbons (Fsp3) is 0. The molecule has 0 saturated heterocycles. The molecule has 180 valence electrons. The van der Waals surface area contributed by atoms with E-state index < -0.39 is 21.6 Å². The summed E-state index contributed by atoms with van der Waals surface area (Å²) in [6, 6.07) is 27.4. The Morgan fingerprint density at radius 3 is 2.11 bits per heavy atom. The molecule has 0 fully saturated rings. The molecule has 1 aromatic heterocycles. The standard InChI is InChI=1S/C26H21N5O4S/c32-25(28-19-12-10-18(11-13-19)27-17-6-2-1-3-7-17)21-8-4-5-9-22(21)31-36(34,35)20-14-15-23-24(16-20)30-26(33)29-23/h1-16,27,31H,(H,28,32)(H2,29,30,33). The highest BCUT2D eigenvalue weighted by Crippen LogP contribution is 2.24. The Morgan fingerprint density at radius 1 is 0.694 bits per heavy atom. The number of amides is 1. The third-order valence-corrected chi connectivity index (χ3v) is 6.78. The second kappa shape index (κ2) is 9.43. The summed E-state index contributed by atoms with van der Waals surface area (Å²) >= 11 is 0. The number of anilines is 4. The van der Waals surface area contributed by atoms with E-state index >= 15 is 0 Å². The minimum atomic E-state index is -4.03. The number of para-hydroxylation sites is 2. The van der Waals surface area contributed by atoms with Gasteiger partial charge in [-0.3, -0.25) is 9.52 Å². The number of aromatic nitrogens is 2. The third-order valence-electron chi connectivity index (χ3n) is 5.42. The lowest BCUT2D eigenvalue weighted by molar-refractivity contribution is 0.102. The summed E-state index contributed by atoms with van der Waals surface area (Å²) in [6.45, 7) is 0. The number of fused-ring (bicyclic) bond motifs is 1. The maximum atomic E-state index is 13.0. The van der Waals surface area contributed by atoms with Crippen molar-refractivity contribution in [3.63, 3.8) is 0 Å². The monoisotopic (exact) mass is 499 g/mol. The van der Waals surface area contributed by atoms with E-state index in [-0.39, 0.29) is 16.1 Å². The molecule has 5 aromatic rings. The van der Waals surface area contributed by atoms with Gasteiger partial charge in [-0.25, -0.2) is 13.2 Å². The van der Waals surface area contributed by atoms with Crippen LogP contribution in [0.1, 0.15) is 10.4 Å². The Balaban J connectivity index is 1.33. The minimum Gasteiger partial charge on any atom is -0.356 e. The molecule has 0 aliphatic heterocycles. The van der Waals surface area contributed by atoms with Gasteiger partial charge in [-0.05, 0) is 66.7 Å². The summed E-state index contributed by atoms with van der Waals surface area (Å²) in [5.41, 5.74) is 3.05. The molecule has 0 spiro atoms. The van der Waals surface area contributed by atoms with Crippen LogP contribution in [0.2, 0.25) is 0 Å². The summed E-state index contributed by atoms with van der Waals surface area (Å²) in [5.74, 6) is -0.470. The number of rotatable bonds is 7. The van der Waals surface area contributed by atoms with Crippen LogP contribution < -0.4 is 21.0 Å². The molecular formula is C26H21N5O4S. The van der Waals surface area contributed by atoms with Gasteiger partial charge in [0.05, 0.1) is 27.2 Å². The Hall–Kier alpha value is -4.83. The van der Waals surface area contributed by atoms with Crippen molar-refractivity contribution in [3.05, 3.63) is 113 Å². The minimum absolute atomic E-state index is 0.0537.